The molecular formula is C16H21N3O7. The number of benzene rings is 1. The van der Waals surface area contributed by atoms with Crippen LogP contribution in [-0.4, -0.2) is 57.7 Å². The number of carbonyl (C=O) groups excluding carboxylic acids is 4. The molecule has 142 valence electrons. The number of esters is 1. The Kier molecular flexibility index (Phi) is 7.87. The van der Waals surface area contributed by atoms with Crippen molar-refractivity contribution in [2.75, 3.05) is 27.8 Å². The Balaban J connectivity index is 2.58. The van der Waals surface area contributed by atoms with Gasteiger partial charge in [-0.2, -0.15) is 0 Å². The lowest BCUT2D eigenvalue weighted by Crippen LogP contribution is -2.44. The number of hydrogen-bond acceptors (Lipinski definition) is 7. The van der Waals surface area contributed by atoms with E-state index in [1.54, 1.807) is 6.07 Å². The highest BCUT2D eigenvalue weighted by atomic mass is 16.5. The number of ether oxygens (including phenoxy) is 3. The molecule has 0 spiro atoms. The summed E-state index contributed by atoms with van der Waals surface area (Å²) in [6.45, 7) is 0.834. The molecule has 0 radical (unpaired) electrons. The lowest BCUT2D eigenvalue weighted by atomic mass is 10.2. The molecule has 0 aliphatic rings. The minimum Gasteiger partial charge on any atom is -0.497 e. The number of nitrogens with one attached hydrogen (secondary N) is 3. The van der Waals surface area contributed by atoms with Crippen LogP contribution in [0.5, 0.6) is 11.5 Å². The van der Waals surface area contributed by atoms with Crippen LogP contribution >= 0.6 is 0 Å². The van der Waals surface area contributed by atoms with Crippen LogP contribution in [0.25, 0.3) is 0 Å². The molecule has 3 N–H and O–H groups in total. The molecule has 0 heterocycles. The van der Waals surface area contributed by atoms with Gasteiger partial charge >= 0.3 is 12.0 Å². The van der Waals surface area contributed by atoms with E-state index in [4.69, 9.17) is 14.2 Å². The maximum Gasteiger partial charge on any atom is 0.326 e. The third kappa shape index (κ3) is 6.30. The fourth-order valence-electron chi connectivity index (χ4n) is 1.76. The van der Waals surface area contributed by atoms with Crippen LogP contribution in [-0.2, 0) is 14.3 Å². The maximum absolute atomic E-state index is 12.1. The Morgan fingerprint density at radius 1 is 1.04 bits per heavy atom. The topological polar surface area (TPSA) is 132 Å². The van der Waals surface area contributed by atoms with Gasteiger partial charge in [0.2, 0.25) is 0 Å². The number of carbonyl (C=O) groups is 4. The van der Waals surface area contributed by atoms with Crippen LogP contribution in [0, 0.1) is 0 Å². The molecule has 0 aliphatic carbocycles. The summed E-state index contributed by atoms with van der Waals surface area (Å²) >= 11 is 0. The van der Waals surface area contributed by atoms with Crippen molar-refractivity contribution in [3.63, 3.8) is 0 Å². The molecule has 1 rings (SSSR count). The fourth-order valence-corrected chi connectivity index (χ4v) is 1.76. The zero-order valence-corrected chi connectivity index (χ0v) is 14.9. The minimum atomic E-state index is -1.20. The van der Waals surface area contributed by atoms with Crippen molar-refractivity contribution in [3.05, 3.63) is 23.8 Å². The highest BCUT2D eigenvalue weighted by molar-refractivity contribution is 5.98. The molecule has 1 aromatic carbocycles. The van der Waals surface area contributed by atoms with E-state index in [0.29, 0.717) is 11.5 Å². The van der Waals surface area contributed by atoms with Crippen molar-refractivity contribution in [1.82, 2.24) is 16.0 Å². The molecule has 10 nitrogen and oxygen atoms in total. The van der Waals surface area contributed by atoms with E-state index in [2.05, 4.69) is 10.6 Å². The Bertz CT molecular complexity index is 668. The summed E-state index contributed by atoms with van der Waals surface area (Å²) in [6.07, 6.45) is -1.20. The molecule has 4 amide bonds. The van der Waals surface area contributed by atoms with E-state index in [1.807, 2.05) is 5.32 Å². The summed E-state index contributed by atoms with van der Waals surface area (Å²) in [7, 11) is 4.22. The van der Waals surface area contributed by atoms with Crippen LogP contribution in [0.4, 0.5) is 4.79 Å². The third-order valence-electron chi connectivity index (χ3n) is 3.15. The fraction of sp³-hybridized carbons (Fsp3) is 0.375. The van der Waals surface area contributed by atoms with Gasteiger partial charge in [-0.05, 0) is 19.1 Å². The summed E-state index contributed by atoms with van der Waals surface area (Å²) in [5.74, 6) is -1.36. The Morgan fingerprint density at radius 3 is 2.12 bits per heavy atom. The minimum absolute atomic E-state index is 0.222. The number of urea groups is 1. The molecule has 0 aromatic heterocycles. The van der Waals surface area contributed by atoms with Gasteiger partial charge in [-0.15, -0.1) is 0 Å². The van der Waals surface area contributed by atoms with Crippen molar-refractivity contribution in [2.24, 2.45) is 0 Å². The zero-order chi connectivity index (χ0) is 19.7. The molecule has 0 bridgehead atoms. The highest BCUT2D eigenvalue weighted by Crippen LogP contribution is 2.22. The average molecular weight is 367 g/mol. The summed E-state index contributed by atoms with van der Waals surface area (Å²) in [6, 6.07) is 3.82. The van der Waals surface area contributed by atoms with E-state index in [-0.39, 0.29) is 5.56 Å². The second-order valence-electron chi connectivity index (χ2n) is 4.98. The Labute approximate surface area is 150 Å². The summed E-state index contributed by atoms with van der Waals surface area (Å²) in [4.78, 5) is 46.5. The SMILES string of the molecule is CNC(=O)NC(=O)[C@@H](C)OC(=O)CNC(=O)c1cc(OC)cc(OC)c1. The predicted octanol–water partition coefficient (Wildman–Crippen LogP) is -0.179. The van der Waals surface area contributed by atoms with E-state index in [9.17, 15) is 19.2 Å². The van der Waals surface area contributed by atoms with Gasteiger partial charge in [-0.25, -0.2) is 4.79 Å². The first-order valence-corrected chi connectivity index (χ1v) is 7.54. The number of imide groups is 1. The first-order valence-electron chi connectivity index (χ1n) is 7.54. The standard InChI is InChI=1S/C16H21N3O7/c1-9(14(21)19-16(23)17-2)26-13(20)8-18-15(22)10-5-11(24-3)7-12(6-10)25-4/h5-7,9H,8H2,1-4H3,(H,18,22)(H2,17,19,21,23)/t9-/m1/s1. The zero-order valence-electron chi connectivity index (χ0n) is 14.9. The quantitative estimate of drug-likeness (QED) is 0.570. The van der Waals surface area contributed by atoms with Gasteiger partial charge in [0.05, 0.1) is 14.2 Å². The Morgan fingerprint density at radius 2 is 1.62 bits per heavy atom. The van der Waals surface area contributed by atoms with Crippen LogP contribution in [0.2, 0.25) is 0 Å². The van der Waals surface area contributed by atoms with E-state index in [0.717, 1.165) is 0 Å². The second-order valence-corrected chi connectivity index (χ2v) is 4.98. The summed E-state index contributed by atoms with van der Waals surface area (Å²) in [5.41, 5.74) is 0.222. The molecular weight excluding hydrogens is 346 g/mol. The monoisotopic (exact) mass is 367 g/mol. The second kappa shape index (κ2) is 9.87. The van der Waals surface area contributed by atoms with Gasteiger partial charge in [-0.1, -0.05) is 0 Å². The third-order valence-corrected chi connectivity index (χ3v) is 3.15. The van der Waals surface area contributed by atoms with E-state index in [1.165, 1.54) is 40.3 Å². The van der Waals surface area contributed by atoms with Crippen LogP contribution in [0.1, 0.15) is 17.3 Å². The summed E-state index contributed by atoms with van der Waals surface area (Å²) in [5, 5.41) is 6.52. The van der Waals surface area contributed by atoms with Crippen molar-refractivity contribution in [1.29, 1.82) is 0 Å². The van der Waals surface area contributed by atoms with E-state index < -0.39 is 36.5 Å². The molecule has 26 heavy (non-hydrogen) atoms. The lowest BCUT2D eigenvalue weighted by molar-refractivity contribution is -0.153. The van der Waals surface area contributed by atoms with Crippen molar-refractivity contribution in [3.8, 4) is 11.5 Å². The number of rotatable bonds is 7. The average Bonchev–Trinajstić information content (AvgIpc) is 2.65. The predicted molar refractivity (Wildman–Crippen MR) is 90.0 cm³/mol. The van der Waals surface area contributed by atoms with Gasteiger partial charge in [0, 0.05) is 18.7 Å². The largest absolute Gasteiger partial charge is 0.497 e. The molecule has 0 fully saturated rings. The first kappa shape index (κ1) is 20.7. The number of methoxy groups -OCH3 is 2. The van der Waals surface area contributed by atoms with Crippen LogP contribution in [0.3, 0.4) is 0 Å². The molecule has 0 saturated heterocycles. The molecule has 1 aromatic rings. The highest BCUT2D eigenvalue weighted by Gasteiger charge is 2.20. The lowest BCUT2D eigenvalue weighted by Gasteiger charge is -2.13. The van der Waals surface area contributed by atoms with Gasteiger partial charge in [0.1, 0.15) is 18.0 Å². The van der Waals surface area contributed by atoms with Gasteiger partial charge in [0.25, 0.3) is 11.8 Å². The molecule has 0 aliphatic heterocycles. The van der Waals surface area contributed by atoms with Gasteiger partial charge in [-0.3, -0.25) is 19.7 Å². The van der Waals surface area contributed by atoms with Crippen LogP contribution < -0.4 is 25.4 Å². The molecule has 1 atom stereocenters. The first-order chi connectivity index (χ1) is 12.3. The number of hydrogen-bond donors (Lipinski definition) is 3. The number of amides is 4. The smallest absolute Gasteiger partial charge is 0.326 e. The molecule has 10 heteroatoms. The van der Waals surface area contributed by atoms with Gasteiger partial charge in [0.15, 0.2) is 6.10 Å². The summed E-state index contributed by atoms with van der Waals surface area (Å²) < 4.78 is 15.0. The van der Waals surface area contributed by atoms with Crippen molar-refractivity contribution in [2.45, 2.75) is 13.0 Å². The van der Waals surface area contributed by atoms with Crippen molar-refractivity contribution >= 4 is 23.8 Å². The van der Waals surface area contributed by atoms with E-state index >= 15 is 0 Å². The van der Waals surface area contributed by atoms with Gasteiger partial charge < -0.3 is 24.8 Å². The maximum atomic E-state index is 12.1. The van der Waals surface area contributed by atoms with Crippen LogP contribution in [0.15, 0.2) is 18.2 Å². The molecule has 0 saturated carbocycles. The molecule has 0 unspecified atom stereocenters. The normalized spacial score (nSPS) is 10.9. The van der Waals surface area contributed by atoms with Crippen molar-refractivity contribution < 1.29 is 33.4 Å². The Hall–Kier alpha value is -3.30.